The molecular weight excluding hydrogens is 259 g/mol. The molecule has 0 atom stereocenters. The molecule has 0 fully saturated rings. The Kier molecular flexibility index (Phi) is 4.11. The van der Waals surface area contributed by atoms with Crippen molar-refractivity contribution in [3.8, 4) is 17.7 Å². The molecule has 0 spiro atoms. The molecule has 0 radical (unpaired) electrons. The third kappa shape index (κ3) is 3.01. The number of hydrogen-bond donors (Lipinski definition) is 1. The van der Waals surface area contributed by atoms with Crippen molar-refractivity contribution in [3.63, 3.8) is 0 Å². The summed E-state index contributed by atoms with van der Waals surface area (Å²) in [5, 5.41) is 11.6. The van der Waals surface area contributed by atoms with E-state index in [9.17, 15) is 4.39 Å². The van der Waals surface area contributed by atoms with Crippen LogP contribution in [-0.4, -0.2) is 17.0 Å². The monoisotopic (exact) mass is 272 g/mol. The standard InChI is InChI=1S/C14H13FN4O/c1-3-12-18-13(17-2)7-14(19-12)20-10-5-4-9(8-16)11(15)6-10/h4-7H,3H2,1-2H3,(H,17,18,19). The van der Waals surface area contributed by atoms with E-state index in [1.165, 1.54) is 12.1 Å². The Morgan fingerprint density at radius 3 is 2.75 bits per heavy atom. The molecule has 0 amide bonds. The highest BCUT2D eigenvalue weighted by atomic mass is 19.1. The molecule has 1 aromatic heterocycles. The predicted molar refractivity (Wildman–Crippen MR) is 72.1 cm³/mol. The Morgan fingerprint density at radius 1 is 1.35 bits per heavy atom. The van der Waals surface area contributed by atoms with E-state index in [0.29, 0.717) is 23.9 Å². The molecule has 2 rings (SSSR count). The first-order chi connectivity index (χ1) is 9.66. The lowest BCUT2D eigenvalue weighted by Gasteiger charge is -2.08. The summed E-state index contributed by atoms with van der Waals surface area (Å²) in [4.78, 5) is 8.44. The second-order valence-electron chi connectivity index (χ2n) is 3.97. The van der Waals surface area contributed by atoms with Gasteiger partial charge in [0.2, 0.25) is 5.88 Å². The number of aryl methyl sites for hydroxylation is 1. The molecule has 0 saturated carbocycles. The fourth-order valence-corrected chi connectivity index (χ4v) is 1.58. The Bertz CT molecular complexity index is 644. The van der Waals surface area contributed by atoms with Crippen molar-refractivity contribution in [1.82, 2.24) is 9.97 Å². The van der Waals surface area contributed by atoms with Crippen molar-refractivity contribution in [3.05, 3.63) is 41.5 Å². The van der Waals surface area contributed by atoms with Gasteiger partial charge in [0.15, 0.2) is 0 Å². The minimum atomic E-state index is -0.622. The highest BCUT2D eigenvalue weighted by Gasteiger charge is 2.07. The number of rotatable bonds is 4. The fourth-order valence-electron chi connectivity index (χ4n) is 1.58. The van der Waals surface area contributed by atoms with Crippen molar-refractivity contribution in [2.75, 3.05) is 12.4 Å². The summed E-state index contributed by atoms with van der Waals surface area (Å²) in [7, 11) is 1.74. The highest BCUT2D eigenvalue weighted by molar-refractivity contribution is 5.41. The Labute approximate surface area is 116 Å². The molecule has 0 aliphatic carbocycles. The van der Waals surface area contributed by atoms with Gasteiger partial charge >= 0.3 is 0 Å². The maximum absolute atomic E-state index is 13.5. The summed E-state index contributed by atoms with van der Waals surface area (Å²) >= 11 is 0. The van der Waals surface area contributed by atoms with Crippen molar-refractivity contribution in [2.45, 2.75) is 13.3 Å². The van der Waals surface area contributed by atoms with Gasteiger partial charge in [-0.25, -0.2) is 9.37 Å². The Hall–Kier alpha value is -2.68. The van der Waals surface area contributed by atoms with Gasteiger partial charge in [0, 0.05) is 25.6 Å². The number of anilines is 1. The molecule has 1 aromatic carbocycles. The minimum Gasteiger partial charge on any atom is -0.439 e. The summed E-state index contributed by atoms with van der Waals surface area (Å²) < 4.78 is 19.0. The zero-order chi connectivity index (χ0) is 14.5. The van der Waals surface area contributed by atoms with Crippen molar-refractivity contribution in [2.24, 2.45) is 0 Å². The fraction of sp³-hybridized carbons (Fsp3) is 0.214. The number of halogens is 1. The van der Waals surface area contributed by atoms with Gasteiger partial charge in [-0.05, 0) is 12.1 Å². The Balaban J connectivity index is 2.30. The zero-order valence-corrected chi connectivity index (χ0v) is 11.1. The van der Waals surface area contributed by atoms with Crippen LogP contribution in [0.3, 0.4) is 0 Å². The maximum atomic E-state index is 13.5. The normalized spacial score (nSPS) is 9.90. The first-order valence-electron chi connectivity index (χ1n) is 6.09. The molecule has 0 unspecified atom stereocenters. The summed E-state index contributed by atoms with van der Waals surface area (Å²) in [6, 6.07) is 7.42. The molecule has 102 valence electrons. The molecule has 5 nitrogen and oxygen atoms in total. The van der Waals surface area contributed by atoms with Gasteiger partial charge in [0.05, 0.1) is 5.56 Å². The number of benzene rings is 1. The minimum absolute atomic E-state index is 0.0230. The zero-order valence-electron chi connectivity index (χ0n) is 11.1. The van der Waals surface area contributed by atoms with Crippen LogP contribution in [0.4, 0.5) is 10.2 Å². The number of ether oxygens (including phenoxy) is 1. The van der Waals surface area contributed by atoms with Gasteiger partial charge in [-0.1, -0.05) is 6.92 Å². The summed E-state index contributed by atoms with van der Waals surface area (Å²) in [5.41, 5.74) is -0.0230. The van der Waals surface area contributed by atoms with Crippen LogP contribution < -0.4 is 10.1 Å². The third-order valence-corrected chi connectivity index (χ3v) is 2.60. The first-order valence-corrected chi connectivity index (χ1v) is 6.09. The molecular formula is C14H13FN4O. The van der Waals surface area contributed by atoms with Crippen molar-refractivity contribution >= 4 is 5.82 Å². The van der Waals surface area contributed by atoms with E-state index >= 15 is 0 Å². The lowest BCUT2D eigenvalue weighted by atomic mass is 10.2. The van der Waals surface area contributed by atoms with Crippen molar-refractivity contribution < 1.29 is 9.13 Å². The maximum Gasteiger partial charge on any atom is 0.224 e. The topological polar surface area (TPSA) is 70.8 Å². The molecule has 1 N–H and O–H groups in total. The van der Waals surface area contributed by atoms with E-state index < -0.39 is 5.82 Å². The SMILES string of the molecule is CCc1nc(NC)cc(Oc2ccc(C#N)c(F)c2)n1. The molecule has 1 heterocycles. The largest absolute Gasteiger partial charge is 0.439 e. The molecule has 2 aromatic rings. The second kappa shape index (κ2) is 5.97. The molecule has 0 saturated heterocycles. The number of nitriles is 1. The second-order valence-corrected chi connectivity index (χ2v) is 3.97. The number of nitrogens with one attached hydrogen (secondary N) is 1. The summed E-state index contributed by atoms with van der Waals surface area (Å²) in [6.45, 7) is 1.93. The van der Waals surface area contributed by atoms with Crippen LogP contribution in [0.2, 0.25) is 0 Å². The Morgan fingerprint density at radius 2 is 2.15 bits per heavy atom. The summed E-state index contributed by atoms with van der Waals surface area (Å²) in [5.74, 6) is 1.24. The van der Waals surface area contributed by atoms with E-state index in [-0.39, 0.29) is 11.3 Å². The number of hydrogen-bond acceptors (Lipinski definition) is 5. The third-order valence-electron chi connectivity index (χ3n) is 2.60. The van der Waals surface area contributed by atoms with E-state index in [1.54, 1.807) is 19.2 Å². The van der Waals surface area contributed by atoms with E-state index in [1.807, 2.05) is 6.92 Å². The van der Waals surface area contributed by atoms with Gasteiger partial charge in [-0.2, -0.15) is 10.2 Å². The van der Waals surface area contributed by atoms with Gasteiger partial charge in [0.25, 0.3) is 0 Å². The first kappa shape index (κ1) is 13.7. The van der Waals surface area contributed by atoms with Crippen LogP contribution in [0.5, 0.6) is 11.6 Å². The molecule has 6 heteroatoms. The van der Waals surface area contributed by atoms with Crippen LogP contribution in [0.1, 0.15) is 18.3 Å². The lowest BCUT2D eigenvalue weighted by molar-refractivity contribution is 0.454. The van der Waals surface area contributed by atoms with Crippen LogP contribution >= 0.6 is 0 Å². The molecule has 20 heavy (non-hydrogen) atoms. The number of nitrogens with zero attached hydrogens (tertiary/aromatic N) is 3. The van der Waals surface area contributed by atoms with Crippen LogP contribution in [0.25, 0.3) is 0 Å². The average molecular weight is 272 g/mol. The smallest absolute Gasteiger partial charge is 0.224 e. The van der Waals surface area contributed by atoms with Crippen molar-refractivity contribution in [1.29, 1.82) is 5.26 Å². The number of aromatic nitrogens is 2. The van der Waals surface area contributed by atoms with E-state index in [4.69, 9.17) is 10.00 Å². The van der Waals surface area contributed by atoms with Gasteiger partial charge < -0.3 is 10.1 Å². The van der Waals surface area contributed by atoms with E-state index in [0.717, 1.165) is 6.07 Å². The quantitative estimate of drug-likeness (QED) is 0.926. The average Bonchev–Trinajstić information content (AvgIpc) is 2.47. The highest BCUT2D eigenvalue weighted by Crippen LogP contribution is 2.23. The van der Waals surface area contributed by atoms with Gasteiger partial charge in [-0.3, -0.25) is 0 Å². The molecule has 0 aliphatic rings. The predicted octanol–water partition coefficient (Wildman–Crippen LogP) is 2.88. The molecule has 0 bridgehead atoms. The van der Waals surface area contributed by atoms with Crippen LogP contribution in [0, 0.1) is 17.1 Å². The van der Waals surface area contributed by atoms with Crippen LogP contribution in [-0.2, 0) is 6.42 Å². The lowest BCUT2D eigenvalue weighted by Crippen LogP contribution is -2.01. The van der Waals surface area contributed by atoms with E-state index in [2.05, 4.69) is 15.3 Å². The van der Waals surface area contributed by atoms with Gasteiger partial charge in [0.1, 0.15) is 29.3 Å². The van der Waals surface area contributed by atoms with Gasteiger partial charge in [-0.15, -0.1) is 0 Å². The van der Waals surface area contributed by atoms with Crippen LogP contribution in [0.15, 0.2) is 24.3 Å². The molecule has 0 aliphatic heterocycles. The summed E-state index contributed by atoms with van der Waals surface area (Å²) in [6.07, 6.45) is 0.660.